The lowest BCUT2D eigenvalue weighted by Gasteiger charge is -2.12. The first-order chi connectivity index (χ1) is 11.1. The fourth-order valence-electron chi connectivity index (χ4n) is 2.26. The number of imide groups is 1. The van der Waals surface area contributed by atoms with Gasteiger partial charge in [-0.1, -0.05) is 0 Å². The smallest absolute Gasteiger partial charge is 0.324 e. The molecule has 1 aromatic heterocycles. The van der Waals surface area contributed by atoms with Gasteiger partial charge in [0.25, 0.3) is 5.91 Å². The van der Waals surface area contributed by atoms with Crippen LogP contribution in [0.4, 0.5) is 4.79 Å². The van der Waals surface area contributed by atoms with Crippen molar-refractivity contribution in [3.63, 3.8) is 0 Å². The maximum atomic E-state index is 12.0. The third kappa shape index (κ3) is 3.20. The molecule has 1 aliphatic heterocycles. The van der Waals surface area contributed by atoms with E-state index in [9.17, 15) is 14.4 Å². The maximum Gasteiger partial charge on any atom is 0.324 e. The summed E-state index contributed by atoms with van der Waals surface area (Å²) in [5.74, 6) is -0.539. The van der Waals surface area contributed by atoms with Gasteiger partial charge in [0.05, 0.1) is 12.9 Å². The van der Waals surface area contributed by atoms with Crippen LogP contribution >= 0.6 is 0 Å². The molecule has 0 atom stereocenters. The standard InChI is InChI=1S/C15H15N5O3/c21-13-9-18-15(23)20(13)8-6-17-14(22)11-1-3-12(4-2-11)19-7-5-16-10-19/h1-5,7,10H,6,8-9H2,(H,17,22)(H,18,23). The van der Waals surface area contributed by atoms with Crippen LogP contribution in [-0.4, -0.2) is 51.9 Å². The number of nitrogens with one attached hydrogen (secondary N) is 2. The fourth-order valence-corrected chi connectivity index (χ4v) is 2.26. The van der Waals surface area contributed by atoms with E-state index in [0.29, 0.717) is 5.56 Å². The van der Waals surface area contributed by atoms with E-state index < -0.39 is 6.03 Å². The first-order valence-corrected chi connectivity index (χ1v) is 7.10. The van der Waals surface area contributed by atoms with E-state index in [-0.39, 0.29) is 31.4 Å². The van der Waals surface area contributed by atoms with Crippen molar-refractivity contribution >= 4 is 17.8 Å². The molecule has 1 aliphatic rings. The molecule has 1 aromatic carbocycles. The summed E-state index contributed by atoms with van der Waals surface area (Å²) in [6.07, 6.45) is 5.16. The molecule has 2 heterocycles. The average Bonchev–Trinajstić information content (AvgIpc) is 3.20. The van der Waals surface area contributed by atoms with Crippen molar-refractivity contribution < 1.29 is 14.4 Å². The molecule has 3 rings (SSSR count). The second-order valence-corrected chi connectivity index (χ2v) is 4.98. The van der Waals surface area contributed by atoms with E-state index in [1.54, 1.807) is 24.7 Å². The molecule has 0 bridgehead atoms. The molecule has 0 aliphatic carbocycles. The average molecular weight is 313 g/mol. The molecule has 8 nitrogen and oxygen atoms in total. The molecule has 0 unspecified atom stereocenters. The number of carbonyl (C=O) groups is 3. The van der Waals surface area contributed by atoms with Crippen LogP contribution in [0.15, 0.2) is 43.0 Å². The topological polar surface area (TPSA) is 96.3 Å². The lowest BCUT2D eigenvalue weighted by molar-refractivity contribution is -0.124. The Hall–Kier alpha value is -3.16. The zero-order valence-electron chi connectivity index (χ0n) is 12.2. The molecule has 0 spiro atoms. The van der Waals surface area contributed by atoms with Crippen LogP contribution in [-0.2, 0) is 4.79 Å². The van der Waals surface area contributed by atoms with E-state index in [1.165, 1.54) is 0 Å². The summed E-state index contributed by atoms with van der Waals surface area (Å²) in [6.45, 7) is 0.382. The van der Waals surface area contributed by atoms with Gasteiger partial charge in [-0.15, -0.1) is 0 Å². The molecule has 0 radical (unpaired) electrons. The molecule has 0 saturated carbocycles. The van der Waals surface area contributed by atoms with Gasteiger partial charge < -0.3 is 15.2 Å². The minimum atomic E-state index is -0.422. The molecule has 2 N–H and O–H groups in total. The van der Waals surface area contributed by atoms with Crippen molar-refractivity contribution in [1.29, 1.82) is 0 Å². The number of urea groups is 1. The number of imidazole rings is 1. The van der Waals surface area contributed by atoms with Gasteiger partial charge in [-0.25, -0.2) is 9.78 Å². The van der Waals surface area contributed by atoms with Crippen LogP contribution in [0.5, 0.6) is 0 Å². The number of carbonyl (C=O) groups excluding carboxylic acids is 3. The van der Waals surface area contributed by atoms with Gasteiger partial charge >= 0.3 is 6.03 Å². The van der Waals surface area contributed by atoms with Gasteiger partial charge in [0.2, 0.25) is 5.91 Å². The third-order valence-electron chi connectivity index (χ3n) is 3.49. The van der Waals surface area contributed by atoms with Crippen molar-refractivity contribution in [2.75, 3.05) is 19.6 Å². The Kier molecular flexibility index (Phi) is 4.05. The molecule has 1 fully saturated rings. The second-order valence-electron chi connectivity index (χ2n) is 4.98. The van der Waals surface area contributed by atoms with E-state index >= 15 is 0 Å². The predicted octanol–water partition coefficient (Wildman–Crippen LogP) is 0.154. The monoisotopic (exact) mass is 313 g/mol. The van der Waals surface area contributed by atoms with Crippen LogP contribution < -0.4 is 10.6 Å². The minimum absolute atomic E-state index is 0.0164. The Morgan fingerprint density at radius 1 is 1.26 bits per heavy atom. The zero-order chi connectivity index (χ0) is 16.2. The van der Waals surface area contributed by atoms with Gasteiger partial charge in [-0.05, 0) is 24.3 Å². The minimum Gasteiger partial charge on any atom is -0.350 e. The summed E-state index contributed by atoms with van der Waals surface area (Å²) >= 11 is 0. The fraction of sp³-hybridized carbons (Fsp3) is 0.200. The van der Waals surface area contributed by atoms with Crippen molar-refractivity contribution in [1.82, 2.24) is 25.1 Å². The van der Waals surface area contributed by atoms with E-state index in [1.807, 2.05) is 22.9 Å². The second kappa shape index (κ2) is 6.30. The third-order valence-corrected chi connectivity index (χ3v) is 3.49. The molecule has 23 heavy (non-hydrogen) atoms. The number of hydrogen-bond acceptors (Lipinski definition) is 4. The number of hydrogen-bond donors (Lipinski definition) is 2. The van der Waals surface area contributed by atoms with Crippen LogP contribution in [0, 0.1) is 0 Å². The number of aromatic nitrogens is 2. The lowest BCUT2D eigenvalue weighted by atomic mass is 10.2. The van der Waals surface area contributed by atoms with Crippen LogP contribution in [0.3, 0.4) is 0 Å². The normalized spacial score (nSPS) is 14.0. The van der Waals surface area contributed by atoms with Crippen LogP contribution in [0.25, 0.3) is 5.69 Å². The largest absolute Gasteiger partial charge is 0.350 e. The van der Waals surface area contributed by atoms with Crippen LogP contribution in [0.1, 0.15) is 10.4 Å². The van der Waals surface area contributed by atoms with Gasteiger partial charge in [0.15, 0.2) is 0 Å². The Balaban J connectivity index is 1.54. The highest BCUT2D eigenvalue weighted by Gasteiger charge is 2.27. The highest BCUT2D eigenvalue weighted by atomic mass is 16.2. The van der Waals surface area contributed by atoms with Crippen molar-refractivity contribution in [2.45, 2.75) is 0 Å². The summed E-state index contributed by atoms with van der Waals surface area (Å²) in [7, 11) is 0. The van der Waals surface area contributed by atoms with E-state index in [0.717, 1.165) is 10.6 Å². The van der Waals surface area contributed by atoms with Crippen molar-refractivity contribution in [2.24, 2.45) is 0 Å². The van der Waals surface area contributed by atoms with Crippen molar-refractivity contribution in [3.05, 3.63) is 48.5 Å². The number of nitrogens with zero attached hydrogens (tertiary/aromatic N) is 3. The number of benzene rings is 1. The molecule has 4 amide bonds. The first-order valence-electron chi connectivity index (χ1n) is 7.10. The molecule has 118 valence electrons. The Morgan fingerprint density at radius 3 is 2.65 bits per heavy atom. The molecule has 8 heteroatoms. The highest BCUT2D eigenvalue weighted by molar-refractivity contribution is 6.02. The number of amides is 4. The Bertz CT molecular complexity index is 708. The quantitative estimate of drug-likeness (QED) is 0.768. The zero-order valence-corrected chi connectivity index (χ0v) is 12.2. The summed E-state index contributed by atoms with van der Waals surface area (Å²) < 4.78 is 1.83. The highest BCUT2D eigenvalue weighted by Crippen LogP contribution is 2.09. The SMILES string of the molecule is O=C(NCCN1C(=O)CNC1=O)c1ccc(-n2ccnc2)cc1. The lowest BCUT2D eigenvalue weighted by Crippen LogP contribution is -2.38. The molecule has 1 saturated heterocycles. The van der Waals surface area contributed by atoms with E-state index in [2.05, 4.69) is 15.6 Å². The first kappa shape index (κ1) is 14.8. The number of rotatable bonds is 5. The molecule has 2 aromatic rings. The van der Waals surface area contributed by atoms with E-state index in [4.69, 9.17) is 0 Å². The van der Waals surface area contributed by atoms with Gasteiger partial charge in [0, 0.05) is 36.7 Å². The summed E-state index contributed by atoms with van der Waals surface area (Å²) in [5.41, 5.74) is 1.41. The summed E-state index contributed by atoms with van der Waals surface area (Å²) in [6, 6.07) is 6.62. The van der Waals surface area contributed by atoms with Crippen molar-refractivity contribution in [3.8, 4) is 5.69 Å². The molecular formula is C15H15N5O3. The van der Waals surface area contributed by atoms with Gasteiger partial charge in [-0.2, -0.15) is 0 Å². The van der Waals surface area contributed by atoms with Crippen LogP contribution in [0.2, 0.25) is 0 Å². The van der Waals surface area contributed by atoms with Gasteiger partial charge in [-0.3, -0.25) is 14.5 Å². The van der Waals surface area contributed by atoms with Gasteiger partial charge in [0.1, 0.15) is 0 Å². The predicted molar refractivity (Wildman–Crippen MR) is 81.0 cm³/mol. The molecular weight excluding hydrogens is 298 g/mol. The Morgan fingerprint density at radius 2 is 2.04 bits per heavy atom. The summed E-state index contributed by atoms with van der Waals surface area (Å²) in [5, 5.41) is 5.12. The summed E-state index contributed by atoms with van der Waals surface area (Å²) in [4.78, 5) is 39.9. The Labute approximate surface area is 132 Å². The maximum absolute atomic E-state index is 12.0.